The van der Waals surface area contributed by atoms with Crippen molar-refractivity contribution in [3.63, 3.8) is 0 Å². The number of carbonyl (C=O) groups is 1. The normalized spacial score (nSPS) is 21.3. The molecule has 0 radical (unpaired) electrons. The van der Waals surface area contributed by atoms with Gasteiger partial charge in [0.1, 0.15) is 6.04 Å². The number of amides is 1. The lowest BCUT2D eigenvalue weighted by Crippen LogP contribution is -2.59. The van der Waals surface area contributed by atoms with E-state index in [2.05, 4.69) is 5.32 Å². The first-order valence-electron chi connectivity index (χ1n) is 5.68. The monoisotopic (exact) mass is 292 g/mol. The zero-order valence-corrected chi connectivity index (χ0v) is 10.6. The van der Waals surface area contributed by atoms with Crippen LogP contribution in [0.4, 0.5) is 13.2 Å². The van der Waals surface area contributed by atoms with E-state index in [-0.39, 0.29) is 13.1 Å². The van der Waals surface area contributed by atoms with Gasteiger partial charge in [0.05, 0.1) is 6.54 Å². The highest BCUT2D eigenvalue weighted by Gasteiger charge is 2.46. The maximum Gasteiger partial charge on any atom is 0.405 e. The van der Waals surface area contributed by atoms with Crippen LogP contribution in [-0.2, 0) is 11.3 Å². The molecule has 1 heterocycles. The van der Waals surface area contributed by atoms with Gasteiger partial charge < -0.3 is 5.32 Å². The molecule has 0 spiro atoms. The predicted molar refractivity (Wildman–Crippen MR) is 64.7 cm³/mol. The molecule has 1 fully saturated rings. The molecule has 1 N–H and O–H groups in total. The van der Waals surface area contributed by atoms with Crippen molar-refractivity contribution in [2.45, 2.75) is 18.8 Å². The number of carbonyl (C=O) groups excluding carboxylic acids is 1. The second kappa shape index (κ2) is 5.38. The average Bonchev–Trinajstić information content (AvgIpc) is 2.27. The molecule has 1 amide bonds. The highest BCUT2D eigenvalue weighted by Crippen LogP contribution is 2.27. The van der Waals surface area contributed by atoms with Crippen LogP contribution in [0.3, 0.4) is 0 Å². The number of nitrogens with one attached hydrogen (secondary N) is 1. The molecular weight excluding hydrogens is 281 g/mol. The molecule has 0 bridgehead atoms. The minimum absolute atomic E-state index is 0.0398. The second-order valence-electron chi connectivity index (χ2n) is 4.40. The number of alkyl halides is 3. The maximum atomic E-state index is 12.9. The third-order valence-corrected chi connectivity index (χ3v) is 3.17. The SMILES string of the molecule is O=C1CN(Cc2cccc(Cl)c2)C(C(F)(F)F)CN1. The number of hydrogen-bond donors (Lipinski definition) is 1. The van der Waals surface area contributed by atoms with E-state index in [1.807, 2.05) is 0 Å². The number of hydrogen-bond acceptors (Lipinski definition) is 2. The summed E-state index contributed by atoms with van der Waals surface area (Å²) < 4.78 is 38.6. The summed E-state index contributed by atoms with van der Waals surface area (Å²) in [5, 5.41) is 2.70. The van der Waals surface area contributed by atoms with Gasteiger partial charge in [-0.3, -0.25) is 9.69 Å². The van der Waals surface area contributed by atoms with Crippen molar-refractivity contribution in [3.8, 4) is 0 Å². The van der Waals surface area contributed by atoms with Crippen molar-refractivity contribution in [2.75, 3.05) is 13.1 Å². The van der Waals surface area contributed by atoms with Gasteiger partial charge in [0, 0.05) is 18.1 Å². The minimum atomic E-state index is -4.37. The fourth-order valence-corrected chi connectivity index (χ4v) is 2.26. The Bertz CT molecular complexity index is 478. The summed E-state index contributed by atoms with van der Waals surface area (Å²) in [5.74, 6) is -0.400. The number of rotatable bonds is 2. The number of nitrogens with zero attached hydrogens (tertiary/aromatic N) is 1. The average molecular weight is 293 g/mol. The van der Waals surface area contributed by atoms with Gasteiger partial charge in [-0.15, -0.1) is 0 Å². The molecule has 7 heteroatoms. The summed E-state index contributed by atoms with van der Waals surface area (Å²) in [6.07, 6.45) is -4.37. The van der Waals surface area contributed by atoms with E-state index in [4.69, 9.17) is 11.6 Å². The quantitative estimate of drug-likeness (QED) is 0.906. The molecule has 0 saturated carbocycles. The van der Waals surface area contributed by atoms with Gasteiger partial charge in [-0.05, 0) is 17.7 Å². The molecule has 104 valence electrons. The molecule has 19 heavy (non-hydrogen) atoms. The van der Waals surface area contributed by atoms with Crippen LogP contribution in [0.25, 0.3) is 0 Å². The molecular formula is C12H12ClF3N2O. The molecule has 1 aliphatic rings. The van der Waals surface area contributed by atoms with Crippen LogP contribution >= 0.6 is 11.6 Å². The van der Waals surface area contributed by atoms with Gasteiger partial charge in [-0.2, -0.15) is 13.2 Å². The van der Waals surface area contributed by atoms with Crippen molar-refractivity contribution < 1.29 is 18.0 Å². The summed E-state index contributed by atoms with van der Waals surface area (Å²) in [6.45, 7) is -0.641. The molecule has 0 aliphatic carbocycles. The van der Waals surface area contributed by atoms with Crippen molar-refractivity contribution in [1.29, 1.82) is 0 Å². The van der Waals surface area contributed by atoms with Gasteiger partial charge in [0.15, 0.2) is 0 Å². The number of piperazine rings is 1. The summed E-state index contributed by atoms with van der Waals surface area (Å²) in [5.41, 5.74) is 0.649. The Morgan fingerprint density at radius 3 is 2.79 bits per heavy atom. The van der Waals surface area contributed by atoms with E-state index in [0.717, 1.165) is 4.90 Å². The molecule has 1 atom stereocenters. The van der Waals surface area contributed by atoms with Crippen LogP contribution in [0.5, 0.6) is 0 Å². The van der Waals surface area contributed by atoms with Crippen molar-refractivity contribution in [2.24, 2.45) is 0 Å². The summed E-state index contributed by atoms with van der Waals surface area (Å²) in [4.78, 5) is 12.4. The number of benzene rings is 1. The molecule has 0 aromatic heterocycles. The van der Waals surface area contributed by atoms with Gasteiger partial charge in [-0.25, -0.2) is 0 Å². The topological polar surface area (TPSA) is 32.3 Å². The van der Waals surface area contributed by atoms with E-state index >= 15 is 0 Å². The van der Waals surface area contributed by atoms with E-state index < -0.39 is 24.7 Å². The fourth-order valence-electron chi connectivity index (χ4n) is 2.05. The third kappa shape index (κ3) is 3.61. The predicted octanol–water partition coefficient (Wildman–Crippen LogP) is 2.20. The Balaban J connectivity index is 2.16. The molecule has 3 nitrogen and oxygen atoms in total. The highest BCUT2D eigenvalue weighted by molar-refractivity contribution is 6.30. The zero-order chi connectivity index (χ0) is 14.0. The van der Waals surface area contributed by atoms with Crippen LogP contribution in [-0.4, -0.2) is 36.1 Å². The largest absolute Gasteiger partial charge is 0.405 e. The van der Waals surface area contributed by atoms with Crippen molar-refractivity contribution in [3.05, 3.63) is 34.9 Å². The summed E-state index contributed by atoms with van der Waals surface area (Å²) in [7, 11) is 0. The fraction of sp³-hybridized carbons (Fsp3) is 0.417. The van der Waals surface area contributed by atoms with Crippen LogP contribution in [0.1, 0.15) is 5.56 Å². The zero-order valence-electron chi connectivity index (χ0n) is 9.88. The second-order valence-corrected chi connectivity index (χ2v) is 4.83. The summed E-state index contributed by atoms with van der Waals surface area (Å²) >= 11 is 5.80. The van der Waals surface area contributed by atoms with Gasteiger partial charge >= 0.3 is 6.18 Å². The maximum absolute atomic E-state index is 12.9. The van der Waals surface area contributed by atoms with Gasteiger partial charge in [0.25, 0.3) is 0 Å². The first-order chi connectivity index (χ1) is 8.86. The van der Waals surface area contributed by atoms with Crippen LogP contribution in [0.15, 0.2) is 24.3 Å². The molecule has 1 unspecified atom stereocenters. The van der Waals surface area contributed by atoms with Crippen LogP contribution < -0.4 is 5.32 Å². The van der Waals surface area contributed by atoms with Crippen LogP contribution in [0.2, 0.25) is 5.02 Å². The van der Waals surface area contributed by atoms with Gasteiger partial charge in [0.2, 0.25) is 5.91 Å². The Hall–Kier alpha value is -1.27. The first kappa shape index (κ1) is 14.1. The smallest absolute Gasteiger partial charge is 0.353 e. The third-order valence-electron chi connectivity index (χ3n) is 2.93. The van der Waals surface area contributed by atoms with E-state index in [1.165, 1.54) is 0 Å². The molecule has 1 aliphatic heterocycles. The van der Waals surface area contributed by atoms with Crippen molar-refractivity contribution in [1.82, 2.24) is 10.2 Å². The van der Waals surface area contributed by atoms with E-state index in [0.29, 0.717) is 10.6 Å². The highest BCUT2D eigenvalue weighted by atomic mass is 35.5. The molecule has 2 rings (SSSR count). The lowest BCUT2D eigenvalue weighted by Gasteiger charge is -2.36. The Morgan fingerprint density at radius 2 is 2.16 bits per heavy atom. The Labute approximate surface area is 113 Å². The van der Waals surface area contributed by atoms with Gasteiger partial charge in [-0.1, -0.05) is 23.7 Å². The molecule has 1 saturated heterocycles. The van der Waals surface area contributed by atoms with E-state index in [1.54, 1.807) is 24.3 Å². The first-order valence-corrected chi connectivity index (χ1v) is 6.06. The standard InChI is InChI=1S/C12H12ClF3N2O/c13-9-3-1-2-8(4-9)6-18-7-11(19)17-5-10(18)12(14,15)16/h1-4,10H,5-7H2,(H,17,19). The van der Waals surface area contributed by atoms with Crippen LogP contribution in [0, 0.1) is 0 Å². The Morgan fingerprint density at radius 1 is 1.42 bits per heavy atom. The molecule has 1 aromatic rings. The lowest BCUT2D eigenvalue weighted by atomic mass is 10.1. The number of halogens is 4. The van der Waals surface area contributed by atoms with Crippen molar-refractivity contribution >= 4 is 17.5 Å². The lowest BCUT2D eigenvalue weighted by molar-refractivity contribution is -0.190. The van der Waals surface area contributed by atoms with E-state index in [9.17, 15) is 18.0 Å². The summed E-state index contributed by atoms with van der Waals surface area (Å²) in [6, 6.07) is 4.94. The minimum Gasteiger partial charge on any atom is -0.353 e. The molecule has 1 aromatic carbocycles. The Kier molecular flexibility index (Phi) is 4.01.